The molecule has 2 N–H and O–H groups in total. The van der Waals surface area contributed by atoms with Gasteiger partial charge in [-0.25, -0.2) is 4.79 Å². The Kier molecular flexibility index (Phi) is 9.21. The van der Waals surface area contributed by atoms with E-state index >= 15 is 0 Å². The molecule has 3 fully saturated rings. The summed E-state index contributed by atoms with van der Waals surface area (Å²) in [5, 5.41) is 6.60. The Hall–Kier alpha value is -3.32. The van der Waals surface area contributed by atoms with Crippen LogP contribution in [0.1, 0.15) is 45.1 Å². The van der Waals surface area contributed by atoms with Crippen molar-refractivity contribution in [3.63, 3.8) is 0 Å². The second-order valence-electron chi connectivity index (χ2n) is 11.7. The smallest absolute Gasteiger partial charge is 0.363 e. The van der Waals surface area contributed by atoms with E-state index < -0.39 is 24.0 Å². The summed E-state index contributed by atoms with van der Waals surface area (Å²) in [7, 11) is 2.02. The number of urea groups is 1. The molecule has 0 bridgehead atoms. The summed E-state index contributed by atoms with van der Waals surface area (Å²) in [6.45, 7) is 6.85. The third-order valence-electron chi connectivity index (χ3n) is 8.87. The lowest BCUT2D eigenvalue weighted by atomic mass is 9.97. The molecule has 0 saturated carbocycles. The molecular formula is C30H42F3N7O3. The monoisotopic (exact) mass is 605 g/mol. The molecule has 0 aromatic carbocycles. The van der Waals surface area contributed by atoms with E-state index in [0.29, 0.717) is 37.4 Å². The van der Waals surface area contributed by atoms with E-state index in [1.54, 1.807) is 12.4 Å². The number of likely N-dealkylation sites (N-methyl/N-ethyl adjacent to an activating group) is 1. The highest BCUT2D eigenvalue weighted by atomic mass is 19.4. The van der Waals surface area contributed by atoms with E-state index in [1.807, 2.05) is 45.2 Å². The molecular weight excluding hydrogens is 563 g/mol. The molecule has 0 aliphatic carbocycles. The van der Waals surface area contributed by atoms with Crippen molar-refractivity contribution < 1.29 is 27.5 Å². The Balaban J connectivity index is 1.42. The highest BCUT2D eigenvalue weighted by molar-refractivity contribution is 5.94. The quantitative estimate of drug-likeness (QED) is 0.494. The van der Waals surface area contributed by atoms with Gasteiger partial charge < -0.3 is 35.0 Å². The van der Waals surface area contributed by atoms with Crippen LogP contribution in [0.15, 0.2) is 48.1 Å². The highest BCUT2D eigenvalue weighted by Crippen LogP contribution is 2.35. The molecule has 4 aliphatic rings. The second kappa shape index (κ2) is 12.7. The minimum Gasteiger partial charge on any atom is -0.363 e. The Morgan fingerprint density at radius 1 is 1.16 bits per heavy atom. The van der Waals surface area contributed by atoms with Crippen molar-refractivity contribution in [1.82, 2.24) is 35.2 Å². The molecule has 5 heterocycles. The number of carbonyl (C=O) groups is 2. The standard InChI is InChI=1S/C30H42F3N7O3/c1-4-23-20-38(28(42)40-14-7-9-25(40)30(31,32)33)16-17-39(23)24-10-12-29(43-5-2,21-8-6-13-34-18-21)36-26(24)27(41)35-22-11-15-37(3)19-22/h6,8,10,12-13,18,22-23,25,36H,4-5,7,9,11,14-17,19-20H2,1-3H3,(H,35,41)/t22-,23-,25+,29?/m1/s1. The van der Waals surface area contributed by atoms with Gasteiger partial charge in [0.25, 0.3) is 5.91 Å². The number of likely N-dealkylation sites (tertiary alicyclic amines) is 2. The number of hydrogen-bond donors (Lipinski definition) is 2. The van der Waals surface area contributed by atoms with Crippen LogP contribution in [0.2, 0.25) is 0 Å². The van der Waals surface area contributed by atoms with Crippen LogP contribution in [0.4, 0.5) is 18.0 Å². The maximum Gasteiger partial charge on any atom is 0.408 e. The van der Waals surface area contributed by atoms with Crippen LogP contribution < -0.4 is 10.6 Å². The molecule has 10 nitrogen and oxygen atoms in total. The number of aromatic nitrogens is 1. The van der Waals surface area contributed by atoms with E-state index in [0.717, 1.165) is 30.0 Å². The lowest BCUT2D eigenvalue weighted by Gasteiger charge is -2.46. The first-order valence-electron chi connectivity index (χ1n) is 15.2. The van der Waals surface area contributed by atoms with E-state index in [9.17, 15) is 22.8 Å². The first-order chi connectivity index (χ1) is 20.6. The summed E-state index contributed by atoms with van der Waals surface area (Å²) in [5.41, 5.74) is 0.638. The zero-order valence-electron chi connectivity index (χ0n) is 25.1. The summed E-state index contributed by atoms with van der Waals surface area (Å²) < 4.78 is 47.1. The third-order valence-corrected chi connectivity index (χ3v) is 8.87. The summed E-state index contributed by atoms with van der Waals surface area (Å²) in [4.78, 5) is 38.3. The number of rotatable bonds is 7. The molecule has 4 aliphatic heterocycles. The van der Waals surface area contributed by atoms with Gasteiger partial charge in [0.05, 0.1) is 5.70 Å². The number of carbonyl (C=O) groups excluding carboxylic acids is 2. The molecule has 13 heteroatoms. The second-order valence-corrected chi connectivity index (χ2v) is 11.7. The average Bonchev–Trinajstić information content (AvgIpc) is 3.66. The number of hydrogen-bond acceptors (Lipinski definition) is 7. The fourth-order valence-corrected chi connectivity index (χ4v) is 6.65. The van der Waals surface area contributed by atoms with Crippen molar-refractivity contribution in [3.05, 3.63) is 53.6 Å². The van der Waals surface area contributed by atoms with Crippen LogP contribution in [-0.2, 0) is 15.3 Å². The fourth-order valence-electron chi connectivity index (χ4n) is 6.65. The number of nitrogens with zero attached hydrogens (tertiary/aromatic N) is 5. The molecule has 1 aromatic heterocycles. The summed E-state index contributed by atoms with van der Waals surface area (Å²) in [6, 6.07) is 1.18. The molecule has 3 saturated heterocycles. The van der Waals surface area contributed by atoms with Gasteiger partial charge in [-0.3, -0.25) is 9.78 Å². The van der Waals surface area contributed by atoms with Crippen molar-refractivity contribution in [2.75, 3.05) is 52.9 Å². The van der Waals surface area contributed by atoms with Gasteiger partial charge >= 0.3 is 12.2 Å². The summed E-state index contributed by atoms with van der Waals surface area (Å²) in [6.07, 6.45) is 4.44. The average molecular weight is 606 g/mol. The van der Waals surface area contributed by atoms with Crippen molar-refractivity contribution in [2.24, 2.45) is 0 Å². The Morgan fingerprint density at radius 3 is 2.63 bits per heavy atom. The topological polar surface area (TPSA) is 93.3 Å². The zero-order chi connectivity index (χ0) is 30.8. The third kappa shape index (κ3) is 6.47. The van der Waals surface area contributed by atoms with E-state index in [1.165, 1.54) is 4.90 Å². The number of halogens is 3. The number of piperazine rings is 1. The van der Waals surface area contributed by atoms with Gasteiger partial charge in [0.1, 0.15) is 11.7 Å². The number of alkyl halides is 3. The highest BCUT2D eigenvalue weighted by Gasteiger charge is 2.49. The lowest BCUT2D eigenvalue weighted by molar-refractivity contribution is -0.170. The van der Waals surface area contributed by atoms with Crippen molar-refractivity contribution in [1.29, 1.82) is 0 Å². The van der Waals surface area contributed by atoms with Crippen molar-refractivity contribution in [3.8, 4) is 0 Å². The summed E-state index contributed by atoms with van der Waals surface area (Å²) >= 11 is 0. The number of ether oxygens (including phenoxy) is 1. The molecule has 1 aromatic rings. The normalized spacial score (nSPS) is 28.4. The number of allylic oxidation sites excluding steroid dienone is 1. The molecule has 4 atom stereocenters. The SMILES string of the molecule is CCOC1(c2cccnc2)C=CC(N2CCN(C(=O)N3CCC[C@H]3C(F)(F)F)C[C@H]2CC)=C(C(=O)N[C@@H]2CCN(C)C2)N1. The summed E-state index contributed by atoms with van der Waals surface area (Å²) in [5.74, 6) is -0.258. The van der Waals surface area contributed by atoms with Crippen LogP contribution in [0, 0.1) is 0 Å². The maximum absolute atomic E-state index is 13.9. The van der Waals surface area contributed by atoms with Crippen molar-refractivity contribution >= 4 is 11.9 Å². The predicted molar refractivity (Wildman–Crippen MR) is 154 cm³/mol. The van der Waals surface area contributed by atoms with Crippen LogP contribution >= 0.6 is 0 Å². The minimum atomic E-state index is -4.45. The molecule has 236 valence electrons. The number of amides is 3. The first-order valence-corrected chi connectivity index (χ1v) is 15.2. The largest absolute Gasteiger partial charge is 0.408 e. The van der Waals surface area contributed by atoms with Crippen molar-refractivity contribution in [2.45, 2.75) is 69.6 Å². The van der Waals surface area contributed by atoms with Gasteiger partial charge in [0.2, 0.25) is 0 Å². The van der Waals surface area contributed by atoms with E-state index in [-0.39, 0.29) is 44.0 Å². The van der Waals surface area contributed by atoms with E-state index in [2.05, 4.69) is 25.4 Å². The Bertz CT molecular complexity index is 1230. The molecule has 0 radical (unpaired) electrons. The Labute approximate surface area is 250 Å². The lowest BCUT2D eigenvalue weighted by Crippen LogP contribution is -2.59. The molecule has 1 unspecified atom stereocenters. The van der Waals surface area contributed by atoms with Crippen LogP contribution in [0.25, 0.3) is 0 Å². The first kappa shape index (κ1) is 31.1. The molecule has 43 heavy (non-hydrogen) atoms. The number of pyridine rings is 1. The maximum atomic E-state index is 13.9. The fraction of sp³-hybridized carbons (Fsp3) is 0.633. The zero-order valence-corrected chi connectivity index (χ0v) is 25.1. The van der Waals surface area contributed by atoms with Gasteiger partial charge in [0.15, 0.2) is 5.72 Å². The molecule has 3 amide bonds. The van der Waals surface area contributed by atoms with Gasteiger partial charge in [-0.2, -0.15) is 13.2 Å². The number of dihydropyridines is 1. The Morgan fingerprint density at radius 2 is 1.98 bits per heavy atom. The van der Waals surface area contributed by atoms with Gasteiger partial charge in [-0.05, 0) is 64.4 Å². The molecule has 5 rings (SSSR count). The van der Waals surface area contributed by atoms with Gasteiger partial charge in [0, 0.05) is 69.4 Å². The van der Waals surface area contributed by atoms with Crippen LogP contribution in [0.3, 0.4) is 0 Å². The molecule has 0 spiro atoms. The number of nitrogens with one attached hydrogen (secondary N) is 2. The van der Waals surface area contributed by atoms with E-state index in [4.69, 9.17) is 4.74 Å². The predicted octanol–water partition coefficient (Wildman–Crippen LogP) is 3.01. The van der Waals surface area contributed by atoms with Crippen LogP contribution in [0.5, 0.6) is 0 Å². The van der Waals surface area contributed by atoms with Gasteiger partial charge in [-0.1, -0.05) is 13.0 Å². The minimum absolute atomic E-state index is 0.00248. The van der Waals surface area contributed by atoms with Crippen LogP contribution in [-0.4, -0.2) is 114 Å². The van der Waals surface area contributed by atoms with Gasteiger partial charge in [-0.15, -0.1) is 0 Å².